The van der Waals surface area contributed by atoms with Gasteiger partial charge in [-0.2, -0.15) is 0 Å². The fourth-order valence-electron chi connectivity index (χ4n) is 1.39. The third kappa shape index (κ3) is 5.67. The van der Waals surface area contributed by atoms with E-state index in [-0.39, 0.29) is 5.91 Å². The van der Waals surface area contributed by atoms with Crippen LogP contribution in [0.15, 0.2) is 18.3 Å². The number of rotatable bonds is 9. The Morgan fingerprint density at radius 3 is 2.95 bits per heavy atom. The van der Waals surface area contributed by atoms with Gasteiger partial charge in [-0.15, -0.1) is 0 Å². The normalized spacial score (nSPS) is 10.2. The Kier molecular flexibility index (Phi) is 7.53. The van der Waals surface area contributed by atoms with E-state index in [1.807, 2.05) is 6.92 Å². The van der Waals surface area contributed by atoms with Gasteiger partial charge in [-0.05, 0) is 19.1 Å². The second-order valence-corrected chi connectivity index (χ2v) is 3.65. The first-order valence-electron chi connectivity index (χ1n) is 6.22. The van der Waals surface area contributed by atoms with Gasteiger partial charge in [-0.3, -0.25) is 4.79 Å². The molecule has 1 aromatic rings. The van der Waals surface area contributed by atoms with E-state index in [1.54, 1.807) is 25.4 Å². The van der Waals surface area contributed by atoms with Crippen molar-refractivity contribution in [1.29, 1.82) is 0 Å². The number of aromatic nitrogens is 1. The quantitative estimate of drug-likeness (QED) is 0.673. The van der Waals surface area contributed by atoms with Gasteiger partial charge < -0.3 is 19.5 Å². The lowest BCUT2D eigenvalue weighted by Crippen LogP contribution is -2.28. The lowest BCUT2D eigenvalue weighted by molar-refractivity contribution is 0.0692. The number of pyridine rings is 1. The van der Waals surface area contributed by atoms with Gasteiger partial charge in [0.05, 0.1) is 26.4 Å². The molecule has 106 valence electrons. The second kappa shape index (κ2) is 9.29. The average molecular weight is 268 g/mol. The van der Waals surface area contributed by atoms with E-state index in [1.165, 1.54) is 0 Å². The van der Waals surface area contributed by atoms with Crippen molar-refractivity contribution in [1.82, 2.24) is 10.3 Å². The van der Waals surface area contributed by atoms with E-state index in [2.05, 4.69) is 10.3 Å². The number of carbonyl (C=O) groups is 1. The Morgan fingerprint density at radius 2 is 2.21 bits per heavy atom. The highest BCUT2D eigenvalue weighted by atomic mass is 16.5. The molecule has 1 heterocycles. The molecule has 6 nitrogen and oxygen atoms in total. The summed E-state index contributed by atoms with van der Waals surface area (Å²) in [6, 6.07) is 3.38. The molecule has 0 aliphatic carbocycles. The summed E-state index contributed by atoms with van der Waals surface area (Å²) in [7, 11) is 1.61. The maximum atomic E-state index is 11.9. The zero-order valence-corrected chi connectivity index (χ0v) is 11.3. The summed E-state index contributed by atoms with van der Waals surface area (Å²) in [6.45, 7) is 4.26. The maximum absolute atomic E-state index is 11.9. The molecule has 0 unspecified atom stereocenters. The molecule has 1 aromatic heterocycles. The SMILES string of the molecule is CCOc1ncccc1C(=O)NCCOCCOC. The Morgan fingerprint density at radius 1 is 1.37 bits per heavy atom. The van der Waals surface area contributed by atoms with Crippen LogP contribution in [0, 0.1) is 0 Å². The number of nitrogens with zero attached hydrogens (tertiary/aromatic N) is 1. The van der Waals surface area contributed by atoms with Gasteiger partial charge in [0.1, 0.15) is 5.56 Å². The molecule has 0 saturated heterocycles. The van der Waals surface area contributed by atoms with Crippen molar-refractivity contribution in [2.75, 3.05) is 40.1 Å². The highest BCUT2D eigenvalue weighted by Crippen LogP contribution is 2.13. The monoisotopic (exact) mass is 268 g/mol. The van der Waals surface area contributed by atoms with Crippen LogP contribution in [0.25, 0.3) is 0 Å². The molecule has 1 N–H and O–H groups in total. The van der Waals surface area contributed by atoms with Crippen LogP contribution in [0.3, 0.4) is 0 Å². The van der Waals surface area contributed by atoms with Crippen LogP contribution in [0.4, 0.5) is 0 Å². The fraction of sp³-hybridized carbons (Fsp3) is 0.538. The number of ether oxygens (including phenoxy) is 3. The summed E-state index contributed by atoms with van der Waals surface area (Å²) in [6.07, 6.45) is 1.59. The molecule has 1 amide bonds. The number of amides is 1. The molecule has 0 aliphatic rings. The zero-order valence-electron chi connectivity index (χ0n) is 11.3. The Hall–Kier alpha value is -1.66. The van der Waals surface area contributed by atoms with Crippen molar-refractivity contribution in [3.8, 4) is 5.88 Å². The minimum atomic E-state index is -0.216. The van der Waals surface area contributed by atoms with Crippen molar-refractivity contribution < 1.29 is 19.0 Å². The van der Waals surface area contributed by atoms with Gasteiger partial charge in [0.25, 0.3) is 5.91 Å². The molecular formula is C13H20N2O4. The van der Waals surface area contributed by atoms with E-state index in [0.717, 1.165) is 0 Å². The number of hydrogen-bond donors (Lipinski definition) is 1. The summed E-state index contributed by atoms with van der Waals surface area (Å²) in [5.41, 5.74) is 0.432. The Labute approximate surface area is 113 Å². The predicted molar refractivity (Wildman–Crippen MR) is 70.4 cm³/mol. The number of carbonyl (C=O) groups excluding carboxylic acids is 1. The molecule has 0 radical (unpaired) electrons. The third-order valence-electron chi connectivity index (χ3n) is 2.26. The van der Waals surface area contributed by atoms with E-state index in [9.17, 15) is 4.79 Å². The molecule has 0 spiro atoms. The predicted octanol–water partition coefficient (Wildman–Crippen LogP) is 0.873. The van der Waals surface area contributed by atoms with Gasteiger partial charge in [-0.25, -0.2) is 4.98 Å². The van der Waals surface area contributed by atoms with Crippen molar-refractivity contribution in [3.05, 3.63) is 23.9 Å². The van der Waals surface area contributed by atoms with Crippen molar-refractivity contribution in [2.24, 2.45) is 0 Å². The van der Waals surface area contributed by atoms with Crippen LogP contribution in [0.5, 0.6) is 5.88 Å². The summed E-state index contributed by atoms with van der Waals surface area (Å²) in [5.74, 6) is 0.134. The largest absolute Gasteiger partial charge is 0.477 e. The lowest BCUT2D eigenvalue weighted by Gasteiger charge is -2.09. The van der Waals surface area contributed by atoms with Gasteiger partial charge in [0.15, 0.2) is 0 Å². The lowest BCUT2D eigenvalue weighted by atomic mass is 10.2. The van der Waals surface area contributed by atoms with E-state index in [4.69, 9.17) is 14.2 Å². The minimum Gasteiger partial charge on any atom is -0.477 e. The summed E-state index contributed by atoms with van der Waals surface area (Å²) >= 11 is 0. The van der Waals surface area contributed by atoms with Gasteiger partial charge in [0.2, 0.25) is 5.88 Å². The second-order valence-electron chi connectivity index (χ2n) is 3.65. The number of nitrogens with one attached hydrogen (secondary N) is 1. The highest BCUT2D eigenvalue weighted by Gasteiger charge is 2.12. The van der Waals surface area contributed by atoms with Crippen LogP contribution < -0.4 is 10.1 Å². The standard InChI is InChI=1S/C13H20N2O4/c1-3-19-13-11(5-4-6-15-13)12(16)14-7-8-18-10-9-17-2/h4-6H,3,7-10H2,1-2H3,(H,14,16). The number of methoxy groups -OCH3 is 1. The molecule has 0 atom stereocenters. The molecule has 0 saturated carbocycles. The van der Waals surface area contributed by atoms with Gasteiger partial charge >= 0.3 is 0 Å². The zero-order chi connectivity index (χ0) is 13.9. The Bertz CT molecular complexity index is 385. The summed E-state index contributed by atoms with van der Waals surface area (Å²) in [4.78, 5) is 15.9. The first kappa shape index (κ1) is 15.4. The van der Waals surface area contributed by atoms with Crippen LogP contribution in [-0.2, 0) is 9.47 Å². The van der Waals surface area contributed by atoms with Crippen molar-refractivity contribution in [3.63, 3.8) is 0 Å². The van der Waals surface area contributed by atoms with Crippen molar-refractivity contribution >= 4 is 5.91 Å². The average Bonchev–Trinajstić information content (AvgIpc) is 2.43. The third-order valence-corrected chi connectivity index (χ3v) is 2.26. The van der Waals surface area contributed by atoms with E-state index in [0.29, 0.717) is 44.4 Å². The number of hydrogen-bond acceptors (Lipinski definition) is 5. The minimum absolute atomic E-state index is 0.216. The topological polar surface area (TPSA) is 69.7 Å². The van der Waals surface area contributed by atoms with Crippen LogP contribution in [-0.4, -0.2) is 51.0 Å². The summed E-state index contributed by atoms with van der Waals surface area (Å²) in [5, 5.41) is 2.75. The smallest absolute Gasteiger partial charge is 0.256 e. The van der Waals surface area contributed by atoms with E-state index >= 15 is 0 Å². The summed E-state index contributed by atoms with van der Waals surface area (Å²) < 4.78 is 15.4. The van der Waals surface area contributed by atoms with Gasteiger partial charge in [0, 0.05) is 19.9 Å². The van der Waals surface area contributed by atoms with Crippen molar-refractivity contribution in [2.45, 2.75) is 6.92 Å². The highest BCUT2D eigenvalue weighted by molar-refractivity contribution is 5.96. The Balaban J connectivity index is 2.36. The molecule has 6 heteroatoms. The molecule has 1 rings (SSSR count). The molecule has 0 aromatic carbocycles. The first-order valence-corrected chi connectivity index (χ1v) is 6.22. The molecule has 0 bridgehead atoms. The fourth-order valence-corrected chi connectivity index (χ4v) is 1.39. The van der Waals surface area contributed by atoms with Gasteiger partial charge in [-0.1, -0.05) is 0 Å². The molecule has 0 aliphatic heterocycles. The van der Waals surface area contributed by atoms with Crippen LogP contribution in [0.2, 0.25) is 0 Å². The molecule has 19 heavy (non-hydrogen) atoms. The maximum Gasteiger partial charge on any atom is 0.256 e. The molecular weight excluding hydrogens is 248 g/mol. The molecule has 0 fully saturated rings. The van der Waals surface area contributed by atoms with Crippen LogP contribution >= 0.6 is 0 Å². The first-order chi connectivity index (χ1) is 9.29. The van der Waals surface area contributed by atoms with Crippen LogP contribution in [0.1, 0.15) is 17.3 Å². The van der Waals surface area contributed by atoms with E-state index < -0.39 is 0 Å².